The minimum atomic E-state index is -0.0851. The molecule has 0 amide bonds. The summed E-state index contributed by atoms with van der Waals surface area (Å²) in [5.41, 5.74) is 0.471. The SMILES string of the molecule is COCCC1(CN2CC[C@H](O)C2)CCCCC1. The number of methoxy groups -OCH3 is 1. The smallest absolute Gasteiger partial charge is 0.0679 e. The fourth-order valence-electron chi connectivity index (χ4n) is 3.54. The molecule has 0 aromatic carbocycles. The van der Waals surface area contributed by atoms with Gasteiger partial charge in [0.2, 0.25) is 0 Å². The molecule has 0 aromatic rings. The summed E-state index contributed by atoms with van der Waals surface area (Å²) in [6.45, 7) is 4.02. The zero-order chi connectivity index (χ0) is 12.1. The topological polar surface area (TPSA) is 32.7 Å². The first-order chi connectivity index (χ1) is 8.24. The van der Waals surface area contributed by atoms with Gasteiger partial charge in [-0.15, -0.1) is 0 Å². The van der Waals surface area contributed by atoms with E-state index in [-0.39, 0.29) is 6.10 Å². The van der Waals surface area contributed by atoms with Gasteiger partial charge in [0, 0.05) is 33.4 Å². The number of hydrogen-bond donors (Lipinski definition) is 1. The number of aliphatic hydroxyl groups excluding tert-OH is 1. The van der Waals surface area contributed by atoms with Crippen molar-refractivity contribution in [2.24, 2.45) is 5.41 Å². The Morgan fingerprint density at radius 3 is 2.65 bits per heavy atom. The molecule has 1 saturated carbocycles. The van der Waals surface area contributed by atoms with Crippen molar-refractivity contribution in [2.75, 3.05) is 33.4 Å². The van der Waals surface area contributed by atoms with E-state index >= 15 is 0 Å². The van der Waals surface area contributed by atoms with Crippen molar-refractivity contribution in [2.45, 2.75) is 51.0 Å². The Morgan fingerprint density at radius 1 is 1.29 bits per heavy atom. The highest BCUT2D eigenvalue weighted by Crippen LogP contribution is 2.40. The molecule has 1 atom stereocenters. The van der Waals surface area contributed by atoms with Crippen LogP contribution in [-0.4, -0.2) is 49.5 Å². The molecule has 0 aromatic heterocycles. The minimum absolute atomic E-state index is 0.0851. The van der Waals surface area contributed by atoms with Crippen LogP contribution in [0.3, 0.4) is 0 Å². The Morgan fingerprint density at radius 2 is 2.06 bits per heavy atom. The zero-order valence-corrected chi connectivity index (χ0v) is 11.2. The minimum Gasteiger partial charge on any atom is -0.392 e. The second-order valence-corrected chi connectivity index (χ2v) is 5.98. The maximum Gasteiger partial charge on any atom is 0.0679 e. The van der Waals surface area contributed by atoms with Crippen LogP contribution in [0.4, 0.5) is 0 Å². The predicted octanol–water partition coefficient (Wildman–Crippen LogP) is 2.04. The van der Waals surface area contributed by atoms with Crippen LogP contribution in [-0.2, 0) is 4.74 Å². The van der Waals surface area contributed by atoms with Crippen molar-refractivity contribution in [3.63, 3.8) is 0 Å². The van der Waals surface area contributed by atoms with Gasteiger partial charge in [0.1, 0.15) is 0 Å². The van der Waals surface area contributed by atoms with E-state index in [0.29, 0.717) is 5.41 Å². The van der Waals surface area contributed by atoms with Crippen LogP contribution in [0.1, 0.15) is 44.9 Å². The lowest BCUT2D eigenvalue weighted by Crippen LogP contribution is -2.39. The van der Waals surface area contributed by atoms with Crippen molar-refractivity contribution < 1.29 is 9.84 Å². The third-order valence-electron chi connectivity index (χ3n) is 4.56. The molecule has 1 aliphatic carbocycles. The molecular weight excluding hydrogens is 214 g/mol. The highest BCUT2D eigenvalue weighted by Gasteiger charge is 2.35. The van der Waals surface area contributed by atoms with Gasteiger partial charge in [0.25, 0.3) is 0 Å². The Hall–Kier alpha value is -0.120. The van der Waals surface area contributed by atoms with E-state index in [4.69, 9.17) is 4.74 Å². The van der Waals surface area contributed by atoms with Gasteiger partial charge in [-0.3, -0.25) is 0 Å². The fourth-order valence-corrected chi connectivity index (χ4v) is 3.54. The van der Waals surface area contributed by atoms with Crippen molar-refractivity contribution in [3.05, 3.63) is 0 Å². The first-order valence-corrected chi connectivity index (χ1v) is 7.13. The van der Waals surface area contributed by atoms with Gasteiger partial charge in [0.05, 0.1) is 6.10 Å². The first kappa shape index (κ1) is 13.3. The number of hydrogen-bond acceptors (Lipinski definition) is 3. The lowest BCUT2D eigenvalue weighted by Gasteiger charge is -2.40. The van der Waals surface area contributed by atoms with Crippen LogP contribution in [0.15, 0.2) is 0 Å². The van der Waals surface area contributed by atoms with Gasteiger partial charge < -0.3 is 14.7 Å². The average Bonchev–Trinajstić information content (AvgIpc) is 2.73. The van der Waals surface area contributed by atoms with E-state index in [1.807, 2.05) is 0 Å². The van der Waals surface area contributed by atoms with E-state index in [1.54, 1.807) is 7.11 Å². The van der Waals surface area contributed by atoms with Crippen molar-refractivity contribution >= 4 is 0 Å². The van der Waals surface area contributed by atoms with E-state index in [1.165, 1.54) is 45.1 Å². The molecule has 1 saturated heterocycles. The summed E-state index contributed by atoms with van der Waals surface area (Å²) in [6, 6.07) is 0. The molecule has 17 heavy (non-hydrogen) atoms. The van der Waals surface area contributed by atoms with E-state index < -0.39 is 0 Å². The number of rotatable bonds is 5. The summed E-state index contributed by atoms with van der Waals surface area (Å²) in [7, 11) is 1.80. The summed E-state index contributed by atoms with van der Waals surface area (Å²) in [6.07, 6.45) is 8.91. The first-order valence-electron chi connectivity index (χ1n) is 7.13. The summed E-state index contributed by atoms with van der Waals surface area (Å²) in [4.78, 5) is 2.46. The van der Waals surface area contributed by atoms with Crippen molar-refractivity contribution in [1.29, 1.82) is 0 Å². The van der Waals surface area contributed by atoms with Crippen molar-refractivity contribution in [3.8, 4) is 0 Å². The summed E-state index contributed by atoms with van der Waals surface area (Å²) >= 11 is 0. The number of ether oxygens (including phenoxy) is 1. The molecule has 1 N–H and O–H groups in total. The fraction of sp³-hybridized carbons (Fsp3) is 1.00. The van der Waals surface area contributed by atoms with E-state index in [0.717, 1.165) is 26.1 Å². The van der Waals surface area contributed by atoms with Gasteiger partial charge >= 0.3 is 0 Å². The maximum absolute atomic E-state index is 9.62. The number of likely N-dealkylation sites (tertiary alicyclic amines) is 1. The Kier molecular flexibility index (Phi) is 4.83. The standard InChI is InChI=1S/C14H27NO2/c1-17-10-8-14(6-3-2-4-7-14)12-15-9-5-13(16)11-15/h13,16H,2-12H2,1H3/t13-/m0/s1. The summed E-state index contributed by atoms with van der Waals surface area (Å²) in [5.74, 6) is 0. The molecule has 3 nitrogen and oxygen atoms in total. The number of nitrogens with zero attached hydrogens (tertiary/aromatic N) is 1. The van der Waals surface area contributed by atoms with E-state index in [9.17, 15) is 5.11 Å². The molecule has 2 aliphatic rings. The monoisotopic (exact) mass is 241 g/mol. The van der Waals surface area contributed by atoms with Crippen LogP contribution < -0.4 is 0 Å². The maximum atomic E-state index is 9.62. The van der Waals surface area contributed by atoms with Crippen LogP contribution in [0.25, 0.3) is 0 Å². The molecule has 0 radical (unpaired) electrons. The normalized spacial score (nSPS) is 29.6. The molecule has 0 unspecified atom stereocenters. The van der Waals surface area contributed by atoms with Crippen LogP contribution >= 0.6 is 0 Å². The van der Waals surface area contributed by atoms with Gasteiger partial charge in [-0.2, -0.15) is 0 Å². The quantitative estimate of drug-likeness (QED) is 0.799. The van der Waals surface area contributed by atoms with Gasteiger partial charge in [-0.05, 0) is 31.1 Å². The summed E-state index contributed by atoms with van der Waals surface area (Å²) in [5, 5.41) is 9.62. The second kappa shape index (κ2) is 6.17. The molecule has 3 heteroatoms. The highest BCUT2D eigenvalue weighted by atomic mass is 16.5. The second-order valence-electron chi connectivity index (χ2n) is 5.98. The largest absolute Gasteiger partial charge is 0.392 e. The molecule has 100 valence electrons. The van der Waals surface area contributed by atoms with Crippen LogP contribution in [0.5, 0.6) is 0 Å². The Balaban J connectivity index is 1.89. The Labute approximate surface area is 105 Å². The zero-order valence-electron chi connectivity index (χ0n) is 11.2. The number of aliphatic hydroxyl groups is 1. The summed E-state index contributed by atoms with van der Waals surface area (Å²) < 4.78 is 5.29. The van der Waals surface area contributed by atoms with Gasteiger partial charge in [0.15, 0.2) is 0 Å². The average molecular weight is 241 g/mol. The molecule has 2 fully saturated rings. The van der Waals surface area contributed by atoms with E-state index in [2.05, 4.69) is 4.90 Å². The molecule has 0 spiro atoms. The molecule has 2 rings (SSSR count). The van der Waals surface area contributed by atoms with Gasteiger partial charge in [-0.25, -0.2) is 0 Å². The lowest BCUT2D eigenvalue weighted by atomic mass is 9.71. The third-order valence-corrected chi connectivity index (χ3v) is 4.56. The lowest BCUT2D eigenvalue weighted by molar-refractivity contribution is 0.0642. The predicted molar refractivity (Wildman–Crippen MR) is 69.1 cm³/mol. The van der Waals surface area contributed by atoms with Gasteiger partial charge in [-0.1, -0.05) is 19.3 Å². The van der Waals surface area contributed by atoms with Crippen LogP contribution in [0.2, 0.25) is 0 Å². The highest BCUT2D eigenvalue weighted by molar-refractivity contribution is 4.88. The van der Waals surface area contributed by atoms with Crippen molar-refractivity contribution in [1.82, 2.24) is 4.90 Å². The van der Waals surface area contributed by atoms with Crippen LogP contribution in [0, 0.1) is 5.41 Å². The third kappa shape index (κ3) is 3.67. The molecule has 1 aliphatic heterocycles. The Bertz CT molecular complexity index is 226. The molecular formula is C14H27NO2. The molecule has 1 heterocycles. The molecule has 0 bridgehead atoms. The number of β-amino-alcohol motifs (C(OH)–C–C–N with tert-alkyl or cyclic N) is 1.